The highest BCUT2D eigenvalue weighted by molar-refractivity contribution is 6.58. The Labute approximate surface area is 480 Å². The summed E-state index contributed by atoms with van der Waals surface area (Å²) < 4.78 is 64.0. The van der Waals surface area contributed by atoms with Crippen molar-refractivity contribution in [3.63, 3.8) is 0 Å². The Morgan fingerprint density at radius 1 is 0.881 bits per heavy atom. The summed E-state index contributed by atoms with van der Waals surface area (Å²) in [6, 6.07) is 23.0. The lowest BCUT2D eigenvalue weighted by Gasteiger charge is -2.40. The van der Waals surface area contributed by atoms with Crippen LogP contribution < -0.4 is 25.0 Å². The third kappa shape index (κ3) is 14.5. The molecule has 6 N–H and O–H groups in total. The normalized spacial score (nSPS) is 18.9. The molecule has 0 radical (unpaired) electrons. The number of benzene rings is 3. The molecule has 84 heavy (non-hydrogen) atoms. The molecule has 26 nitrogen and oxygen atoms in total. The van der Waals surface area contributed by atoms with Crippen LogP contribution in [0.15, 0.2) is 136 Å². The van der Waals surface area contributed by atoms with E-state index in [1.807, 2.05) is 24.1 Å². The van der Waals surface area contributed by atoms with E-state index in [-0.39, 0.29) is 76.2 Å². The van der Waals surface area contributed by atoms with Crippen LogP contribution in [0.2, 0.25) is 0 Å². The van der Waals surface area contributed by atoms with Crippen LogP contribution in [0.1, 0.15) is 48.5 Å². The molecule has 29 heteroatoms. The number of aromatic nitrogens is 5. The predicted molar refractivity (Wildman–Crippen MR) is 301 cm³/mol. The molecule has 0 bridgehead atoms. The zero-order chi connectivity index (χ0) is 59.3. The lowest BCUT2D eigenvalue weighted by atomic mass is 9.90. The van der Waals surface area contributed by atoms with Crippen molar-refractivity contribution >= 4 is 64.7 Å². The summed E-state index contributed by atoms with van der Waals surface area (Å²) in [5, 5.41) is 73.7. The lowest BCUT2D eigenvalue weighted by molar-refractivity contribution is -0.384. The second kappa shape index (κ2) is 27.5. The number of amides is 2. The number of aryl methyl sites for hydroxylation is 1. The number of nitro groups is 1. The minimum absolute atomic E-state index is 0.0120. The van der Waals surface area contributed by atoms with Crippen LogP contribution in [0, 0.1) is 10.1 Å². The Morgan fingerprint density at radius 3 is 2.25 bits per heavy atom. The fourth-order valence-electron chi connectivity index (χ4n) is 9.59. The van der Waals surface area contributed by atoms with Crippen molar-refractivity contribution < 1.29 is 66.6 Å². The maximum atomic E-state index is 16.1. The molecule has 1 saturated heterocycles. The van der Waals surface area contributed by atoms with E-state index < -0.39 is 42.6 Å². The number of hydrogen-bond acceptors (Lipinski definition) is 19. The molecule has 9 rings (SSSR count). The van der Waals surface area contributed by atoms with Crippen molar-refractivity contribution in [1.29, 1.82) is 0 Å². The van der Waals surface area contributed by atoms with Gasteiger partial charge in [0, 0.05) is 99.6 Å². The van der Waals surface area contributed by atoms with Gasteiger partial charge in [0.25, 0.3) is 5.69 Å². The first-order valence-corrected chi connectivity index (χ1v) is 27.0. The Morgan fingerprint density at radius 2 is 1.57 bits per heavy atom. The molecule has 3 aliphatic heterocycles. The molecule has 0 spiro atoms. The number of halogens is 2. The van der Waals surface area contributed by atoms with Crippen LogP contribution in [-0.2, 0) is 43.4 Å². The van der Waals surface area contributed by atoms with E-state index >= 15 is 8.63 Å². The van der Waals surface area contributed by atoms with Gasteiger partial charge >= 0.3 is 6.97 Å². The maximum Gasteiger partial charge on any atom is 0.737 e. The van der Waals surface area contributed by atoms with Gasteiger partial charge in [-0.25, -0.2) is 0 Å². The molecule has 442 valence electrons. The highest BCUT2D eigenvalue weighted by atomic mass is 19.2. The van der Waals surface area contributed by atoms with E-state index in [0.29, 0.717) is 87.8 Å². The number of azo groups is 2. The minimum Gasteiger partial charge on any atom is -0.494 e. The number of methoxy groups -OCH3 is 2. The highest BCUT2D eigenvalue weighted by Crippen LogP contribution is 2.41. The fourth-order valence-corrected chi connectivity index (χ4v) is 9.59. The van der Waals surface area contributed by atoms with Crippen LogP contribution in [0.3, 0.4) is 0 Å². The summed E-state index contributed by atoms with van der Waals surface area (Å²) in [5.41, 5.74) is 5.02. The van der Waals surface area contributed by atoms with Gasteiger partial charge in [-0.3, -0.25) is 24.4 Å². The molecule has 3 aliphatic rings. The first-order chi connectivity index (χ1) is 40.6. The Balaban J connectivity index is 0.634. The molecule has 3 aromatic carbocycles. The number of carbonyl (C=O) groups is 2. The molecule has 0 unspecified atom stereocenters. The van der Waals surface area contributed by atoms with E-state index in [1.165, 1.54) is 43.2 Å². The Hall–Kier alpha value is -8.87. The van der Waals surface area contributed by atoms with Gasteiger partial charge in [0.1, 0.15) is 58.7 Å². The van der Waals surface area contributed by atoms with Gasteiger partial charge in [-0.05, 0) is 85.6 Å². The summed E-state index contributed by atoms with van der Waals surface area (Å²) in [5.74, 6) is 0.242. The van der Waals surface area contributed by atoms with Crippen LogP contribution in [0.4, 0.5) is 42.8 Å². The molecule has 2 amide bonds. The smallest absolute Gasteiger partial charge is 0.494 e. The topological polar surface area (TPSA) is 315 Å². The number of non-ortho nitro benzene ring substituents is 1. The van der Waals surface area contributed by atoms with Crippen molar-refractivity contribution in [1.82, 2.24) is 35.1 Å². The van der Waals surface area contributed by atoms with Gasteiger partial charge in [-0.15, -0.1) is 15.3 Å². The van der Waals surface area contributed by atoms with Crippen LogP contribution in [0.25, 0.3) is 6.08 Å². The molecule has 1 fully saturated rings. The number of nitro benzene ring substituents is 1. The Kier molecular flexibility index (Phi) is 19.5. The largest absolute Gasteiger partial charge is 0.737 e. The van der Waals surface area contributed by atoms with Crippen molar-refractivity contribution in [2.45, 2.75) is 76.0 Å². The quantitative estimate of drug-likeness (QED) is 0.0103. The molecule has 3 aromatic heterocycles. The molecule has 6 heterocycles. The number of aromatic amines is 1. The summed E-state index contributed by atoms with van der Waals surface area (Å²) in [6.07, 6.45) is 2.65. The summed E-state index contributed by atoms with van der Waals surface area (Å²) in [6.45, 7) is -3.07. The molecule has 0 saturated carbocycles. The van der Waals surface area contributed by atoms with E-state index in [0.717, 1.165) is 14.7 Å². The molecular weight excluding hydrogens is 1100 g/mol. The SMILES string of the molecule is COc1cc(N=Nc2ccc([N+](=O)[O-])cc2)c(OC)cc1N=Nc1ccc(N(C)CCCC(=O)NCCCO[C@@H]2O[C@H](COCc3cn(CCNC(=O)CCc4ccc5n4[B-](F)(F)[N+]4=C(c6ccc[nH]6)C=CC4=C5)nn3)[C@@H](O)[C@H](O)[C@H]2O)cc1. The van der Waals surface area contributed by atoms with E-state index in [1.54, 1.807) is 79.2 Å². The van der Waals surface area contributed by atoms with Gasteiger partial charge in [0.2, 0.25) is 11.8 Å². The number of ether oxygens (including phenoxy) is 5. The maximum absolute atomic E-state index is 16.1. The standard InChI is InChI=1S/C55H63BF2N14O12/c1-68(38-13-9-35(10-14-38)62-65-44-30-48(81-3)45(31-47(44)80-2)66-63-36-11-15-40(16-12-36)72(78)79)26-5-8-50(73)60-24-6-28-83-55-54(77)53(76)52(75)49(84-55)34-82-33-37-32-69(67-64-37)27-25-61-51(74)22-20-39-17-18-41-29-42-19-21-46(43-7-4-23-59-43)71(42)56(57,58)70(39)41/h4,7,9-19,21,23,29-32,49,52-55,59,75-77H,5-6,8,20,22,24-28,33-34H2,1-3H3,(H,60,73)(H,61,74)/t49-,52-,53+,54-,55-/m1/s1. The van der Waals surface area contributed by atoms with Gasteiger partial charge in [-0.1, -0.05) is 5.21 Å². The van der Waals surface area contributed by atoms with Gasteiger partial charge in [-0.2, -0.15) is 10.2 Å². The lowest BCUT2D eigenvalue weighted by Crippen LogP contribution is -2.59. The summed E-state index contributed by atoms with van der Waals surface area (Å²) in [7, 11) is 4.86. The third-order valence-electron chi connectivity index (χ3n) is 14.0. The first-order valence-electron chi connectivity index (χ1n) is 27.0. The monoisotopic (exact) mass is 1160 g/mol. The van der Waals surface area contributed by atoms with Crippen molar-refractivity contribution in [2.24, 2.45) is 20.5 Å². The number of anilines is 1. The van der Waals surface area contributed by atoms with E-state index in [4.69, 9.17) is 23.7 Å². The van der Waals surface area contributed by atoms with Gasteiger partial charge in [0.15, 0.2) is 17.7 Å². The Bertz CT molecular complexity index is 3430. The average Bonchev–Trinajstić information content (AvgIpc) is 2.26. The number of rotatable bonds is 28. The fraction of sp³-hybridized carbons (Fsp3) is 0.364. The number of nitrogens with zero attached hydrogens (tertiary/aromatic N) is 11. The highest BCUT2D eigenvalue weighted by Gasteiger charge is 2.53. The number of H-pyrrole nitrogens is 1. The number of allylic oxidation sites excluding steroid dienone is 2. The van der Waals surface area contributed by atoms with Crippen LogP contribution >= 0.6 is 0 Å². The summed E-state index contributed by atoms with van der Waals surface area (Å²) >= 11 is 0. The van der Waals surface area contributed by atoms with Crippen LogP contribution in [0.5, 0.6) is 11.5 Å². The molecule has 6 aromatic rings. The van der Waals surface area contributed by atoms with Gasteiger partial charge < -0.3 is 77.1 Å². The number of aliphatic hydroxyl groups excluding tert-OH is 3. The number of carbonyl (C=O) groups excluding carboxylic acids is 2. The van der Waals surface area contributed by atoms with Gasteiger partial charge in [0.05, 0.1) is 63.1 Å². The van der Waals surface area contributed by atoms with Crippen molar-refractivity contribution in [2.75, 3.05) is 59.0 Å². The van der Waals surface area contributed by atoms with Crippen LogP contribution in [-0.4, -0.2) is 159 Å². The minimum atomic E-state index is -4.23. The van der Waals surface area contributed by atoms with Crippen molar-refractivity contribution in [3.05, 3.63) is 148 Å². The molecular formula is C55H63BF2N14O12. The first kappa shape index (κ1) is 59.7. The third-order valence-corrected chi connectivity index (χ3v) is 14.0. The average molecular weight is 1160 g/mol. The summed E-state index contributed by atoms with van der Waals surface area (Å²) in [4.78, 5) is 41.0. The van der Waals surface area contributed by atoms with Crippen molar-refractivity contribution in [3.8, 4) is 11.5 Å². The van der Waals surface area contributed by atoms with E-state index in [2.05, 4.69) is 46.4 Å². The zero-order valence-electron chi connectivity index (χ0n) is 46.1. The number of fused-ring (bicyclic) bond motifs is 2. The van der Waals surface area contributed by atoms with E-state index in [9.17, 15) is 35.0 Å². The molecule has 5 atom stereocenters. The second-order valence-electron chi connectivity index (χ2n) is 19.8. The second-order valence-corrected chi connectivity index (χ2v) is 19.8. The predicted octanol–water partition coefficient (Wildman–Crippen LogP) is 6.33. The number of aliphatic hydroxyl groups is 3. The zero-order valence-corrected chi connectivity index (χ0v) is 46.1. The molecule has 0 aliphatic carbocycles. The number of nitrogens with one attached hydrogen (secondary N) is 3. The number of hydrogen-bond donors (Lipinski definition) is 6.